The molecule has 2 unspecified atom stereocenters. The van der Waals surface area contributed by atoms with Gasteiger partial charge in [0, 0.05) is 12.1 Å². The van der Waals surface area contributed by atoms with Crippen LogP contribution in [0.3, 0.4) is 0 Å². The van der Waals surface area contributed by atoms with Crippen molar-refractivity contribution < 1.29 is 9.53 Å². The number of esters is 1. The molecule has 4 nitrogen and oxygen atoms in total. The van der Waals surface area contributed by atoms with E-state index in [-0.39, 0.29) is 5.97 Å². The van der Waals surface area contributed by atoms with Gasteiger partial charge in [0.05, 0.1) is 6.61 Å². The van der Waals surface area contributed by atoms with Crippen LogP contribution in [-0.4, -0.2) is 49.2 Å². The summed E-state index contributed by atoms with van der Waals surface area (Å²) in [6.45, 7) is 2.34. The molecule has 2 saturated carbocycles. The SMILES string of the molecule is CCOC(=O)C1(NC)CCCC(N(C)C2CCC2)C1. The fourth-order valence-corrected chi connectivity index (χ4v) is 3.47. The van der Waals surface area contributed by atoms with Gasteiger partial charge in [0.15, 0.2) is 0 Å². The van der Waals surface area contributed by atoms with Crippen molar-refractivity contribution in [1.29, 1.82) is 0 Å². The number of rotatable bonds is 5. The predicted molar refractivity (Wildman–Crippen MR) is 76.1 cm³/mol. The van der Waals surface area contributed by atoms with E-state index in [1.807, 2.05) is 14.0 Å². The normalized spacial score (nSPS) is 32.1. The average molecular weight is 268 g/mol. The van der Waals surface area contributed by atoms with Crippen LogP contribution >= 0.6 is 0 Å². The summed E-state index contributed by atoms with van der Waals surface area (Å²) in [7, 11) is 4.12. The molecule has 0 heterocycles. The van der Waals surface area contributed by atoms with Gasteiger partial charge in [0.1, 0.15) is 5.54 Å². The first-order valence-corrected chi connectivity index (χ1v) is 7.71. The standard InChI is InChI=1S/C15H28N2O2/c1-4-19-14(18)15(16-2)10-6-9-13(11-15)17(3)12-7-5-8-12/h12-13,16H,4-11H2,1-3H3. The summed E-state index contributed by atoms with van der Waals surface area (Å²) >= 11 is 0. The summed E-state index contributed by atoms with van der Waals surface area (Å²) in [5, 5.41) is 3.26. The van der Waals surface area contributed by atoms with Crippen LogP contribution in [0.15, 0.2) is 0 Å². The van der Waals surface area contributed by atoms with Gasteiger partial charge in [-0.2, -0.15) is 0 Å². The summed E-state index contributed by atoms with van der Waals surface area (Å²) in [6.07, 6.45) is 8.08. The maximum atomic E-state index is 12.3. The first kappa shape index (κ1) is 14.8. The van der Waals surface area contributed by atoms with Crippen molar-refractivity contribution in [2.45, 2.75) is 69.5 Å². The quantitative estimate of drug-likeness (QED) is 0.774. The smallest absolute Gasteiger partial charge is 0.326 e. The summed E-state index contributed by atoms with van der Waals surface area (Å²) in [6, 6.07) is 1.25. The van der Waals surface area contributed by atoms with E-state index in [9.17, 15) is 4.79 Å². The molecule has 0 amide bonds. The van der Waals surface area contributed by atoms with Crippen LogP contribution in [0.2, 0.25) is 0 Å². The molecule has 2 rings (SSSR count). The maximum Gasteiger partial charge on any atom is 0.326 e. The average Bonchev–Trinajstić information content (AvgIpc) is 2.37. The van der Waals surface area contributed by atoms with Crippen LogP contribution in [-0.2, 0) is 9.53 Å². The van der Waals surface area contributed by atoms with E-state index < -0.39 is 5.54 Å². The van der Waals surface area contributed by atoms with E-state index >= 15 is 0 Å². The van der Waals surface area contributed by atoms with Crippen molar-refractivity contribution in [3.05, 3.63) is 0 Å². The van der Waals surface area contributed by atoms with Crippen molar-refractivity contribution in [1.82, 2.24) is 10.2 Å². The molecule has 0 bridgehead atoms. The van der Waals surface area contributed by atoms with Crippen molar-refractivity contribution in [3.8, 4) is 0 Å². The number of likely N-dealkylation sites (N-methyl/N-ethyl adjacent to an activating group) is 1. The first-order valence-electron chi connectivity index (χ1n) is 7.71. The van der Waals surface area contributed by atoms with E-state index in [4.69, 9.17) is 4.74 Å². The van der Waals surface area contributed by atoms with Crippen LogP contribution in [0.1, 0.15) is 51.9 Å². The van der Waals surface area contributed by atoms with Crippen molar-refractivity contribution in [2.24, 2.45) is 0 Å². The van der Waals surface area contributed by atoms with E-state index in [0.29, 0.717) is 12.6 Å². The number of ether oxygens (including phenoxy) is 1. The fraction of sp³-hybridized carbons (Fsp3) is 0.933. The van der Waals surface area contributed by atoms with Gasteiger partial charge >= 0.3 is 5.97 Å². The number of hydrogen-bond donors (Lipinski definition) is 1. The third kappa shape index (κ3) is 2.95. The molecular weight excluding hydrogens is 240 g/mol. The zero-order chi connectivity index (χ0) is 13.9. The minimum Gasteiger partial charge on any atom is -0.465 e. The topological polar surface area (TPSA) is 41.6 Å². The molecule has 0 radical (unpaired) electrons. The molecule has 1 N–H and O–H groups in total. The number of hydrogen-bond acceptors (Lipinski definition) is 4. The van der Waals surface area contributed by atoms with E-state index in [2.05, 4.69) is 17.3 Å². The van der Waals surface area contributed by atoms with Crippen molar-refractivity contribution in [3.63, 3.8) is 0 Å². The monoisotopic (exact) mass is 268 g/mol. The molecule has 19 heavy (non-hydrogen) atoms. The number of carbonyl (C=O) groups excluding carboxylic acids is 1. The van der Waals surface area contributed by atoms with Gasteiger partial charge in [-0.3, -0.25) is 4.79 Å². The van der Waals surface area contributed by atoms with Crippen LogP contribution in [0.5, 0.6) is 0 Å². The highest BCUT2D eigenvalue weighted by Gasteiger charge is 2.44. The lowest BCUT2D eigenvalue weighted by atomic mass is 9.77. The molecule has 2 fully saturated rings. The highest BCUT2D eigenvalue weighted by molar-refractivity contribution is 5.81. The van der Waals surface area contributed by atoms with Crippen LogP contribution in [0.25, 0.3) is 0 Å². The third-order valence-electron chi connectivity index (χ3n) is 5.10. The van der Waals surface area contributed by atoms with Gasteiger partial charge in [-0.15, -0.1) is 0 Å². The second kappa shape index (κ2) is 6.23. The number of carbonyl (C=O) groups is 1. The van der Waals surface area contributed by atoms with E-state index in [1.165, 1.54) is 25.7 Å². The highest BCUT2D eigenvalue weighted by Crippen LogP contribution is 2.35. The molecule has 2 aliphatic rings. The van der Waals surface area contributed by atoms with Gasteiger partial charge in [0.2, 0.25) is 0 Å². The molecule has 0 aromatic heterocycles. The van der Waals surface area contributed by atoms with Crippen LogP contribution in [0, 0.1) is 0 Å². The van der Waals surface area contributed by atoms with Gasteiger partial charge in [-0.25, -0.2) is 0 Å². The minimum atomic E-state index is -0.461. The Labute approximate surface area is 116 Å². The molecule has 0 aromatic rings. The van der Waals surface area contributed by atoms with Crippen molar-refractivity contribution in [2.75, 3.05) is 20.7 Å². The minimum absolute atomic E-state index is 0.0655. The Hall–Kier alpha value is -0.610. The second-order valence-electron chi connectivity index (χ2n) is 6.05. The molecule has 0 aromatic carbocycles. The van der Waals surface area contributed by atoms with Crippen LogP contribution in [0.4, 0.5) is 0 Å². The Morgan fingerprint density at radius 2 is 2.00 bits per heavy atom. The van der Waals surface area contributed by atoms with Gasteiger partial charge in [-0.05, 0) is 59.5 Å². The van der Waals surface area contributed by atoms with E-state index in [1.54, 1.807) is 0 Å². The zero-order valence-corrected chi connectivity index (χ0v) is 12.6. The van der Waals surface area contributed by atoms with Crippen LogP contribution < -0.4 is 5.32 Å². The highest BCUT2D eigenvalue weighted by atomic mass is 16.5. The zero-order valence-electron chi connectivity index (χ0n) is 12.6. The summed E-state index contributed by atoms with van der Waals surface area (Å²) < 4.78 is 5.28. The molecular formula is C15H28N2O2. The largest absolute Gasteiger partial charge is 0.465 e. The molecule has 4 heteroatoms. The number of nitrogens with one attached hydrogen (secondary N) is 1. The van der Waals surface area contributed by atoms with Crippen molar-refractivity contribution >= 4 is 5.97 Å². The Morgan fingerprint density at radius 3 is 2.53 bits per heavy atom. The van der Waals surface area contributed by atoms with Gasteiger partial charge < -0.3 is 15.0 Å². The lowest BCUT2D eigenvalue weighted by molar-refractivity contribution is -0.153. The fourth-order valence-electron chi connectivity index (χ4n) is 3.47. The Morgan fingerprint density at radius 1 is 1.32 bits per heavy atom. The lowest BCUT2D eigenvalue weighted by Gasteiger charge is -2.46. The van der Waals surface area contributed by atoms with Gasteiger partial charge in [-0.1, -0.05) is 6.42 Å². The molecule has 0 spiro atoms. The molecule has 110 valence electrons. The Kier molecular flexibility index (Phi) is 4.85. The predicted octanol–water partition coefficient (Wildman–Crippen LogP) is 1.93. The first-order chi connectivity index (χ1) is 9.13. The Balaban J connectivity index is 2.02. The molecule has 0 aliphatic heterocycles. The van der Waals surface area contributed by atoms with E-state index in [0.717, 1.165) is 25.3 Å². The molecule has 2 aliphatic carbocycles. The van der Waals surface area contributed by atoms with Gasteiger partial charge in [0.25, 0.3) is 0 Å². The number of nitrogens with zero attached hydrogens (tertiary/aromatic N) is 1. The summed E-state index contributed by atoms with van der Waals surface area (Å²) in [4.78, 5) is 14.8. The maximum absolute atomic E-state index is 12.3. The summed E-state index contributed by atoms with van der Waals surface area (Å²) in [5.41, 5.74) is -0.461. The third-order valence-corrected chi connectivity index (χ3v) is 5.10. The lowest BCUT2D eigenvalue weighted by Crippen LogP contribution is -2.58. The summed E-state index contributed by atoms with van der Waals surface area (Å²) in [5.74, 6) is -0.0655. The second-order valence-corrected chi connectivity index (χ2v) is 6.05. The Bertz CT molecular complexity index is 317. The molecule has 0 saturated heterocycles. The molecule has 2 atom stereocenters.